The molecule has 2 heterocycles. The summed E-state index contributed by atoms with van der Waals surface area (Å²) in [5.41, 5.74) is 0. The van der Waals surface area contributed by atoms with Crippen molar-refractivity contribution < 1.29 is 32.2 Å². The summed E-state index contributed by atoms with van der Waals surface area (Å²) < 4.78 is 43.8. The Hall–Kier alpha value is -2.33. The molecule has 0 aliphatic carbocycles. The maximum absolute atomic E-state index is 12.6. The number of amides is 1. The minimum atomic E-state index is -3.82. The van der Waals surface area contributed by atoms with E-state index in [9.17, 15) is 18.0 Å². The summed E-state index contributed by atoms with van der Waals surface area (Å²) in [4.78, 5) is 26.3. The zero-order valence-electron chi connectivity index (χ0n) is 17.1. The Bertz CT molecular complexity index is 872. The molecular formula is C20H28N2O7S. The molecule has 2 aliphatic rings. The third-order valence-electron chi connectivity index (χ3n) is 5.04. The van der Waals surface area contributed by atoms with Crippen LogP contribution < -0.4 is 14.2 Å². The number of hydrogen-bond donors (Lipinski definition) is 1. The molecule has 0 aromatic heterocycles. The first-order valence-electron chi connectivity index (χ1n) is 10.3. The number of nitrogens with zero attached hydrogens (tertiary/aromatic N) is 1. The number of hydrogen-bond acceptors (Lipinski definition) is 7. The second-order valence-electron chi connectivity index (χ2n) is 7.16. The van der Waals surface area contributed by atoms with Gasteiger partial charge < -0.3 is 19.1 Å². The topological polar surface area (TPSA) is 111 Å². The van der Waals surface area contributed by atoms with Crippen LogP contribution >= 0.6 is 0 Å². The molecule has 10 heteroatoms. The van der Waals surface area contributed by atoms with Gasteiger partial charge in [0, 0.05) is 32.0 Å². The summed E-state index contributed by atoms with van der Waals surface area (Å²) in [6.07, 6.45) is 2.90. The van der Waals surface area contributed by atoms with Crippen molar-refractivity contribution in [2.24, 2.45) is 0 Å². The number of sulfonamides is 1. The molecule has 1 aromatic carbocycles. The predicted octanol–water partition coefficient (Wildman–Crippen LogP) is 1.46. The first-order valence-corrected chi connectivity index (χ1v) is 11.8. The predicted molar refractivity (Wildman–Crippen MR) is 108 cm³/mol. The molecule has 1 N–H and O–H groups in total. The van der Waals surface area contributed by atoms with Crippen molar-refractivity contribution in [3.63, 3.8) is 0 Å². The molecule has 0 spiro atoms. The highest BCUT2D eigenvalue weighted by Gasteiger charge is 2.33. The third kappa shape index (κ3) is 5.42. The Morgan fingerprint density at radius 2 is 1.93 bits per heavy atom. The summed E-state index contributed by atoms with van der Waals surface area (Å²) >= 11 is 0. The number of fused-ring (bicyclic) bond motifs is 1. The van der Waals surface area contributed by atoms with Gasteiger partial charge >= 0.3 is 5.97 Å². The van der Waals surface area contributed by atoms with Gasteiger partial charge in [0.1, 0.15) is 6.04 Å². The van der Waals surface area contributed by atoms with Gasteiger partial charge in [-0.3, -0.25) is 4.79 Å². The summed E-state index contributed by atoms with van der Waals surface area (Å²) in [5, 5.41) is 0. The monoisotopic (exact) mass is 440 g/mol. The van der Waals surface area contributed by atoms with Gasteiger partial charge in [0.15, 0.2) is 11.5 Å². The quantitative estimate of drug-likeness (QED) is 0.639. The molecule has 1 fully saturated rings. The average molecular weight is 441 g/mol. The lowest BCUT2D eigenvalue weighted by atomic mass is 10.0. The number of carbonyl (C=O) groups excluding carboxylic acids is 2. The standard InChI is InChI=1S/C20H28N2O7S/c1-2-27-20(24)16-6-3-4-11-22(16)19(23)9-10-21-30(25,26)15-7-8-17-18(14-15)29-13-5-12-28-17/h7-8,14,16,21H,2-6,9-13H2,1H3. The number of ether oxygens (including phenoxy) is 3. The van der Waals surface area contributed by atoms with Gasteiger partial charge in [0.05, 0.1) is 24.7 Å². The van der Waals surface area contributed by atoms with Gasteiger partial charge in [-0.15, -0.1) is 0 Å². The van der Waals surface area contributed by atoms with Crippen LogP contribution in [0.4, 0.5) is 0 Å². The first kappa shape index (κ1) is 22.4. The molecule has 30 heavy (non-hydrogen) atoms. The molecule has 3 rings (SSSR count). The molecule has 1 saturated heterocycles. The van der Waals surface area contributed by atoms with Crippen LogP contribution in [0.1, 0.15) is 39.0 Å². The van der Waals surface area contributed by atoms with E-state index in [4.69, 9.17) is 14.2 Å². The summed E-state index contributed by atoms with van der Waals surface area (Å²) in [6, 6.07) is 3.84. The lowest BCUT2D eigenvalue weighted by molar-refractivity contribution is -0.156. The van der Waals surface area contributed by atoms with E-state index in [-0.39, 0.29) is 30.4 Å². The van der Waals surface area contributed by atoms with Crippen LogP contribution in [0.5, 0.6) is 11.5 Å². The average Bonchev–Trinajstić information content (AvgIpc) is 2.98. The van der Waals surface area contributed by atoms with Crippen molar-refractivity contribution in [2.75, 3.05) is 32.9 Å². The van der Waals surface area contributed by atoms with Crippen LogP contribution in [-0.4, -0.2) is 64.1 Å². The summed E-state index contributed by atoms with van der Waals surface area (Å²) in [7, 11) is -3.82. The fraction of sp³-hybridized carbons (Fsp3) is 0.600. The SMILES string of the molecule is CCOC(=O)C1CCCCN1C(=O)CCNS(=O)(=O)c1ccc2c(c1)OCCCO2. The van der Waals surface area contributed by atoms with E-state index in [0.717, 1.165) is 19.3 Å². The number of rotatable bonds is 7. The van der Waals surface area contributed by atoms with Crippen molar-refractivity contribution in [3.05, 3.63) is 18.2 Å². The number of benzene rings is 1. The van der Waals surface area contributed by atoms with E-state index in [1.165, 1.54) is 17.0 Å². The second kappa shape index (κ2) is 10.1. The van der Waals surface area contributed by atoms with E-state index in [1.807, 2.05) is 0 Å². The summed E-state index contributed by atoms with van der Waals surface area (Å²) in [6.45, 7) is 3.35. The summed E-state index contributed by atoms with van der Waals surface area (Å²) in [5.74, 6) is 0.223. The molecule has 1 amide bonds. The van der Waals surface area contributed by atoms with Crippen LogP contribution in [0.2, 0.25) is 0 Å². The minimum absolute atomic E-state index is 0.0420. The molecule has 166 valence electrons. The van der Waals surface area contributed by atoms with Gasteiger partial charge in [-0.1, -0.05) is 0 Å². The Balaban J connectivity index is 1.59. The molecule has 0 bridgehead atoms. The molecular weight excluding hydrogens is 412 g/mol. The Morgan fingerprint density at radius 1 is 1.17 bits per heavy atom. The molecule has 1 unspecified atom stereocenters. The van der Waals surface area contributed by atoms with E-state index < -0.39 is 22.0 Å². The fourth-order valence-electron chi connectivity index (χ4n) is 3.54. The van der Waals surface area contributed by atoms with E-state index in [0.29, 0.717) is 37.7 Å². The van der Waals surface area contributed by atoms with Gasteiger partial charge in [-0.25, -0.2) is 17.9 Å². The first-order chi connectivity index (χ1) is 14.4. The Kier molecular flexibility index (Phi) is 7.54. The number of nitrogens with one attached hydrogen (secondary N) is 1. The number of piperidine rings is 1. The zero-order valence-corrected chi connectivity index (χ0v) is 17.9. The van der Waals surface area contributed by atoms with Crippen LogP contribution in [0.15, 0.2) is 23.1 Å². The smallest absolute Gasteiger partial charge is 0.328 e. The van der Waals surface area contributed by atoms with Gasteiger partial charge in [0.2, 0.25) is 15.9 Å². The largest absolute Gasteiger partial charge is 0.490 e. The van der Waals surface area contributed by atoms with Gasteiger partial charge in [-0.05, 0) is 38.3 Å². The Labute approximate surface area is 176 Å². The van der Waals surface area contributed by atoms with Gasteiger partial charge in [-0.2, -0.15) is 0 Å². The van der Waals surface area contributed by atoms with Crippen molar-refractivity contribution in [3.8, 4) is 11.5 Å². The number of likely N-dealkylation sites (tertiary alicyclic amines) is 1. The maximum Gasteiger partial charge on any atom is 0.328 e. The molecule has 1 atom stereocenters. The van der Waals surface area contributed by atoms with E-state index in [2.05, 4.69) is 4.72 Å². The van der Waals surface area contributed by atoms with Crippen molar-refractivity contribution in [1.82, 2.24) is 9.62 Å². The van der Waals surface area contributed by atoms with Crippen LogP contribution in [-0.2, 0) is 24.3 Å². The van der Waals surface area contributed by atoms with E-state index in [1.54, 1.807) is 13.0 Å². The Morgan fingerprint density at radius 3 is 2.70 bits per heavy atom. The highest BCUT2D eigenvalue weighted by molar-refractivity contribution is 7.89. The molecule has 1 aromatic rings. The maximum atomic E-state index is 12.6. The number of carbonyl (C=O) groups is 2. The normalized spacial score (nSPS) is 19.1. The highest BCUT2D eigenvalue weighted by Crippen LogP contribution is 2.31. The highest BCUT2D eigenvalue weighted by atomic mass is 32.2. The molecule has 2 aliphatic heterocycles. The van der Waals surface area contributed by atoms with Crippen molar-refractivity contribution >= 4 is 21.9 Å². The number of esters is 1. The molecule has 0 saturated carbocycles. The van der Waals surface area contributed by atoms with Crippen LogP contribution in [0.3, 0.4) is 0 Å². The van der Waals surface area contributed by atoms with Crippen molar-refractivity contribution in [2.45, 2.75) is 50.0 Å². The third-order valence-corrected chi connectivity index (χ3v) is 6.50. The molecule has 0 radical (unpaired) electrons. The lowest BCUT2D eigenvalue weighted by Gasteiger charge is -2.34. The van der Waals surface area contributed by atoms with Crippen LogP contribution in [0.25, 0.3) is 0 Å². The molecule has 9 nitrogen and oxygen atoms in total. The van der Waals surface area contributed by atoms with Crippen molar-refractivity contribution in [1.29, 1.82) is 0 Å². The lowest BCUT2D eigenvalue weighted by Crippen LogP contribution is -2.49. The minimum Gasteiger partial charge on any atom is -0.490 e. The second-order valence-corrected chi connectivity index (χ2v) is 8.92. The van der Waals surface area contributed by atoms with E-state index >= 15 is 0 Å². The van der Waals surface area contributed by atoms with Gasteiger partial charge in [0.25, 0.3) is 0 Å². The van der Waals surface area contributed by atoms with Crippen LogP contribution in [0, 0.1) is 0 Å². The fourth-order valence-corrected chi connectivity index (χ4v) is 4.59. The zero-order chi connectivity index (χ0) is 21.6.